The molecule has 1 aromatic carbocycles. The molecule has 2 rings (SSSR count). The molecule has 0 heterocycles. The number of rotatable bonds is 4. The molecule has 0 saturated heterocycles. The minimum absolute atomic E-state index is 0.0165. The minimum atomic E-state index is -0.472. The Balaban J connectivity index is 2.09. The SMILES string of the molecule is CCOc1ccc(C(=O)C2CCC(N)CC2)cc1F. The number of nitrogens with two attached hydrogens (primary N) is 1. The molecule has 1 aliphatic rings. The van der Waals surface area contributed by atoms with Gasteiger partial charge in [-0.1, -0.05) is 0 Å². The zero-order valence-corrected chi connectivity index (χ0v) is 11.2. The lowest BCUT2D eigenvalue weighted by atomic mass is 9.82. The molecular weight excluding hydrogens is 245 g/mol. The molecule has 1 saturated carbocycles. The van der Waals surface area contributed by atoms with Crippen LogP contribution in [-0.2, 0) is 0 Å². The van der Waals surface area contributed by atoms with Crippen molar-refractivity contribution in [2.45, 2.75) is 38.6 Å². The van der Waals surface area contributed by atoms with Crippen LogP contribution < -0.4 is 10.5 Å². The van der Waals surface area contributed by atoms with E-state index in [9.17, 15) is 9.18 Å². The van der Waals surface area contributed by atoms with E-state index in [1.165, 1.54) is 12.1 Å². The van der Waals surface area contributed by atoms with Gasteiger partial charge >= 0.3 is 0 Å². The molecule has 0 unspecified atom stereocenters. The number of hydrogen-bond donors (Lipinski definition) is 1. The van der Waals surface area contributed by atoms with E-state index >= 15 is 0 Å². The van der Waals surface area contributed by atoms with E-state index in [1.54, 1.807) is 13.0 Å². The monoisotopic (exact) mass is 265 g/mol. The summed E-state index contributed by atoms with van der Waals surface area (Å²) >= 11 is 0. The fourth-order valence-corrected chi connectivity index (χ4v) is 2.54. The van der Waals surface area contributed by atoms with E-state index < -0.39 is 5.82 Å². The Morgan fingerprint density at radius 1 is 1.37 bits per heavy atom. The largest absolute Gasteiger partial charge is 0.491 e. The van der Waals surface area contributed by atoms with Crippen molar-refractivity contribution in [3.63, 3.8) is 0 Å². The summed E-state index contributed by atoms with van der Waals surface area (Å²) in [7, 11) is 0. The number of halogens is 1. The second kappa shape index (κ2) is 6.15. The topological polar surface area (TPSA) is 52.3 Å². The molecule has 0 aliphatic heterocycles. The van der Waals surface area contributed by atoms with Crippen molar-refractivity contribution in [3.8, 4) is 5.75 Å². The molecule has 0 atom stereocenters. The van der Waals surface area contributed by atoms with Gasteiger partial charge < -0.3 is 10.5 Å². The van der Waals surface area contributed by atoms with Gasteiger partial charge in [0.1, 0.15) is 0 Å². The van der Waals surface area contributed by atoms with E-state index in [0.717, 1.165) is 25.7 Å². The molecule has 1 aliphatic carbocycles. The fourth-order valence-electron chi connectivity index (χ4n) is 2.54. The lowest BCUT2D eigenvalue weighted by Gasteiger charge is -2.25. The molecule has 104 valence electrons. The van der Waals surface area contributed by atoms with Crippen LogP contribution >= 0.6 is 0 Å². The fraction of sp³-hybridized carbons (Fsp3) is 0.533. The van der Waals surface area contributed by atoms with E-state index in [-0.39, 0.29) is 23.5 Å². The molecule has 3 nitrogen and oxygen atoms in total. The lowest BCUT2D eigenvalue weighted by Crippen LogP contribution is -2.29. The molecule has 0 radical (unpaired) electrons. The van der Waals surface area contributed by atoms with Crippen LogP contribution in [-0.4, -0.2) is 18.4 Å². The summed E-state index contributed by atoms with van der Waals surface area (Å²) in [5.74, 6) is -0.268. The molecule has 1 fully saturated rings. The summed E-state index contributed by atoms with van der Waals surface area (Å²) in [5.41, 5.74) is 6.26. The number of carbonyl (C=O) groups is 1. The van der Waals surface area contributed by atoms with E-state index in [1.807, 2.05) is 0 Å². The molecule has 0 spiro atoms. The van der Waals surface area contributed by atoms with Gasteiger partial charge in [0.05, 0.1) is 6.61 Å². The Morgan fingerprint density at radius 3 is 2.63 bits per heavy atom. The molecule has 0 bridgehead atoms. The van der Waals surface area contributed by atoms with Crippen LogP contribution in [0.4, 0.5) is 4.39 Å². The number of ketones is 1. The Labute approximate surface area is 112 Å². The van der Waals surface area contributed by atoms with Crippen LogP contribution in [0.3, 0.4) is 0 Å². The summed E-state index contributed by atoms with van der Waals surface area (Å²) in [6, 6.07) is 4.66. The summed E-state index contributed by atoms with van der Waals surface area (Å²) in [6.45, 7) is 2.20. The average Bonchev–Trinajstić information content (AvgIpc) is 2.41. The van der Waals surface area contributed by atoms with E-state index in [0.29, 0.717) is 12.2 Å². The highest BCUT2D eigenvalue weighted by Gasteiger charge is 2.25. The molecule has 4 heteroatoms. The Morgan fingerprint density at radius 2 is 2.05 bits per heavy atom. The average molecular weight is 265 g/mol. The first-order valence-corrected chi connectivity index (χ1v) is 6.84. The highest BCUT2D eigenvalue weighted by molar-refractivity contribution is 5.98. The minimum Gasteiger partial charge on any atom is -0.491 e. The molecular formula is C15H20FNO2. The van der Waals surface area contributed by atoms with Crippen molar-refractivity contribution in [2.24, 2.45) is 11.7 Å². The lowest BCUT2D eigenvalue weighted by molar-refractivity contribution is 0.0884. The predicted molar refractivity (Wildman–Crippen MR) is 71.8 cm³/mol. The second-order valence-electron chi connectivity index (χ2n) is 5.05. The van der Waals surface area contributed by atoms with Gasteiger partial charge in [-0.05, 0) is 50.8 Å². The molecule has 0 amide bonds. The van der Waals surface area contributed by atoms with Crippen molar-refractivity contribution < 1.29 is 13.9 Å². The summed E-state index contributed by atoms with van der Waals surface area (Å²) in [4.78, 5) is 12.3. The van der Waals surface area contributed by atoms with Gasteiger partial charge in [-0.2, -0.15) is 0 Å². The maximum atomic E-state index is 13.7. The number of carbonyl (C=O) groups excluding carboxylic acids is 1. The smallest absolute Gasteiger partial charge is 0.166 e. The number of hydrogen-bond acceptors (Lipinski definition) is 3. The van der Waals surface area contributed by atoms with Crippen molar-refractivity contribution in [3.05, 3.63) is 29.6 Å². The Kier molecular flexibility index (Phi) is 4.53. The normalized spacial score (nSPS) is 23.1. The first-order valence-electron chi connectivity index (χ1n) is 6.84. The standard InChI is InChI=1S/C15H20FNO2/c1-2-19-14-8-5-11(9-13(14)16)15(18)10-3-6-12(17)7-4-10/h5,8-10,12H,2-4,6-7,17H2,1H3. The number of benzene rings is 1. The van der Waals surface area contributed by atoms with E-state index in [2.05, 4.69) is 0 Å². The zero-order chi connectivity index (χ0) is 13.8. The number of Topliss-reactive ketones (excluding diaryl/α,β-unsaturated/α-hetero) is 1. The summed E-state index contributed by atoms with van der Waals surface area (Å²) in [6.07, 6.45) is 3.34. The third-order valence-corrected chi connectivity index (χ3v) is 3.66. The Hall–Kier alpha value is -1.42. The van der Waals surface area contributed by atoms with Crippen LogP contribution in [0, 0.1) is 11.7 Å². The van der Waals surface area contributed by atoms with Gasteiger partial charge in [-0.15, -0.1) is 0 Å². The third-order valence-electron chi connectivity index (χ3n) is 3.66. The summed E-state index contributed by atoms with van der Waals surface area (Å²) < 4.78 is 18.9. The second-order valence-corrected chi connectivity index (χ2v) is 5.05. The van der Waals surface area contributed by atoms with Crippen LogP contribution in [0.15, 0.2) is 18.2 Å². The molecule has 0 aromatic heterocycles. The van der Waals surface area contributed by atoms with Gasteiger partial charge in [-0.25, -0.2) is 4.39 Å². The van der Waals surface area contributed by atoms with Gasteiger partial charge in [0.15, 0.2) is 17.3 Å². The van der Waals surface area contributed by atoms with Crippen LogP contribution in [0.1, 0.15) is 43.0 Å². The molecule has 1 aromatic rings. The van der Waals surface area contributed by atoms with Crippen LogP contribution in [0.5, 0.6) is 5.75 Å². The number of ether oxygens (including phenoxy) is 1. The highest BCUT2D eigenvalue weighted by Crippen LogP contribution is 2.28. The van der Waals surface area contributed by atoms with Gasteiger partial charge in [0, 0.05) is 17.5 Å². The first kappa shape index (κ1) is 14.0. The maximum Gasteiger partial charge on any atom is 0.166 e. The van der Waals surface area contributed by atoms with Crippen LogP contribution in [0.2, 0.25) is 0 Å². The predicted octanol–water partition coefficient (Wildman–Crippen LogP) is 2.92. The molecule has 19 heavy (non-hydrogen) atoms. The van der Waals surface area contributed by atoms with Gasteiger partial charge in [0.2, 0.25) is 0 Å². The highest BCUT2D eigenvalue weighted by atomic mass is 19.1. The quantitative estimate of drug-likeness (QED) is 0.852. The Bertz CT molecular complexity index is 453. The van der Waals surface area contributed by atoms with Crippen molar-refractivity contribution >= 4 is 5.78 Å². The van der Waals surface area contributed by atoms with Gasteiger partial charge in [-0.3, -0.25) is 4.79 Å². The van der Waals surface area contributed by atoms with Crippen molar-refractivity contribution in [2.75, 3.05) is 6.61 Å². The van der Waals surface area contributed by atoms with Crippen molar-refractivity contribution in [1.82, 2.24) is 0 Å². The maximum absolute atomic E-state index is 13.7. The van der Waals surface area contributed by atoms with Crippen LogP contribution in [0.25, 0.3) is 0 Å². The molecule has 2 N–H and O–H groups in total. The van der Waals surface area contributed by atoms with Crippen molar-refractivity contribution in [1.29, 1.82) is 0 Å². The first-order chi connectivity index (χ1) is 9.11. The van der Waals surface area contributed by atoms with Gasteiger partial charge in [0.25, 0.3) is 0 Å². The van der Waals surface area contributed by atoms with E-state index in [4.69, 9.17) is 10.5 Å². The summed E-state index contributed by atoms with van der Waals surface area (Å²) in [5, 5.41) is 0. The zero-order valence-electron chi connectivity index (χ0n) is 11.2. The third kappa shape index (κ3) is 3.32.